The Morgan fingerprint density at radius 1 is 1.00 bits per heavy atom. The summed E-state index contributed by atoms with van der Waals surface area (Å²) in [6.45, 7) is 0.565. The fraction of sp³-hybridized carbons (Fsp3) is 0.174. The van der Waals surface area contributed by atoms with Crippen LogP contribution in [-0.2, 0) is 4.74 Å². The number of carbonyl (C=O) groups is 1. The average molecular weight is 413 g/mol. The number of nitrogens with one attached hydrogen (secondary N) is 1. The summed E-state index contributed by atoms with van der Waals surface area (Å²) in [5.41, 5.74) is 1.59. The second kappa shape index (κ2) is 8.08. The molecule has 0 aliphatic carbocycles. The van der Waals surface area contributed by atoms with Gasteiger partial charge in [-0.3, -0.25) is 19.6 Å². The Bertz CT molecular complexity index is 1300. The largest absolute Gasteiger partial charge is 0.377 e. The van der Waals surface area contributed by atoms with Gasteiger partial charge in [-0.2, -0.15) is 5.10 Å². The van der Waals surface area contributed by atoms with E-state index in [0.717, 1.165) is 16.3 Å². The van der Waals surface area contributed by atoms with E-state index in [1.807, 2.05) is 42.5 Å². The smallest absolute Gasteiger partial charge is 0.270 e. The minimum absolute atomic E-state index is 0.254. The molecule has 3 aromatic heterocycles. The lowest BCUT2D eigenvalue weighted by molar-refractivity contribution is 0.0921. The van der Waals surface area contributed by atoms with E-state index in [0.29, 0.717) is 11.4 Å². The summed E-state index contributed by atoms with van der Waals surface area (Å²) in [6.07, 6.45) is 4.96. The fourth-order valence-electron chi connectivity index (χ4n) is 3.80. The van der Waals surface area contributed by atoms with Crippen LogP contribution in [0.4, 0.5) is 0 Å². The lowest BCUT2D eigenvalue weighted by Gasteiger charge is -2.21. The quantitative estimate of drug-likeness (QED) is 0.551. The van der Waals surface area contributed by atoms with Crippen molar-refractivity contribution in [1.29, 1.82) is 0 Å². The van der Waals surface area contributed by atoms with Gasteiger partial charge in [0.05, 0.1) is 24.9 Å². The zero-order valence-electron chi connectivity index (χ0n) is 16.5. The van der Waals surface area contributed by atoms with Gasteiger partial charge >= 0.3 is 0 Å². The van der Waals surface area contributed by atoms with E-state index in [1.165, 1.54) is 10.7 Å². The number of aromatic nitrogens is 4. The molecule has 8 nitrogen and oxygen atoms in total. The van der Waals surface area contributed by atoms with Crippen LogP contribution in [0.2, 0.25) is 0 Å². The van der Waals surface area contributed by atoms with Gasteiger partial charge in [0.2, 0.25) is 0 Å². The van der Waals surface area contributed by atoms with Crippen LogP contribution in [0.3, 0.4) is 0 Å². The van der Waals surface area contributed by atoms with Crippen LogP contribution >= 0.6 is 0 Å². The molecule has 1 aliphatic rings. The molecule has 4 aromatic rings. The number of hydrogen-bond donors (Lipinski definition) is 1. The lowest BCUT2D eigenvalue weighted by atomic mass is 10.1. The van der Waals surface area contributed by atoms with Crippen molar-refractivity contribution >= 4 is 16.7 Å². The second-order valence-electron chi connectivity index (χ2n) is 7.30. The van der Waals surface area contributed by atoms with Gasteiger partial charge in [0, 0.05) is 35.6 Å². The molecule has 0 spiro atoms. The molecule has 8 heteroatoms. The number of carbonyl (C=O) groups excluding carboxylic acids is 1. The minimum Gasteiger partial charge on any atom is -0.377 e. The minimum atomic E-state index is -0.423. The van der Waals surface area contributed by atoms with Crippen LogP contribution in [-0.4, -0.2) is 44.9 Å². The first-order valence-electron chi connectivity index (χ1n) is 9.93. The molecule has 1 amide bonds. The second-order valence-corrected chi connectivity index (χ2v) is 7.30. The molecule has 5 rings (SSSR count). The molecule has 31 heavy (non-hydrogen) atoms. The first-order chi connectivity index (χ1) is 15.2. The third-order valence-corrected chi connectivity index (χ3v) is 5.37. The van der Waals surface area contributed by atoms with E-state index in [2.05, 4.69) is 20.4 Å². The third kappa shape index (κ3) is 3.69. The number of amides is 1. The molecule has 1 fully saturated rings. The molecule has 2 unspecified atom stereocenters. The predicted molar refractivity (Wildman–Crippen MR) is 115 cm³/mol. The Labute approximate surface area is 177 Å². The molecule has 0 bridgehead atoms. The number of rotatable bonds is 4. The van der Waals surface area contributed by atoms with E-state index in [-0.39, 0.29) is 24.7 Å². The van der Waals surface area contributed by atoms with Crippen LogP contribution in [0.5, 0.6) is 0 Å². The normalized spacial score (nSPS) is 18.2. The molecular formula is C23H19N5O3. The first-order valence-corrected chi connectivity index (χ1v) is 9.93. The van der Waals surface area contributed by atoms with Crippen LogP contribution in [0, 0.1) is 0 Å². The number of pyridine rings is 2. The van der Waals surface area contributed by atoms with Crippen LogP contribution in [0.15, 0.2) is 78.0 Å². The van der Waals surface area contributed by atoms with Crippen molar-refractivity contribution in [1.82, 2.24) is 25.1 Å². The van der Waals surface area contributed by atoms with Crippen LogP contribution in [0.1, 0.15) is 16.5 Å². The van der Waals surface area contributed by atoms with Crippen LogP contribution in [0.25, 0.3) is 22.0 Å². The summed E-state index contributed by atoms with van der Waals surface area (Å²) in [5, 5.41) is 9.23. The van der Waals surface area contributed by atoms with Gasteiger partial charge in [-0.15, -0.1) is 0 Å². The highest BCUT2D eigenvalue weighted by atomic mass is 16.5. The van der Waals surface area contributed by atoms with Gasteiger partial charge in [-0.25, -0.2) is 4.68 Å². The molecule has 1 aromatic carbocycles. The highest BCUT2D eigenvalue weighted by molar-refractivity contribution is 6.05. The van der Waals surface area contributed by atoms with E-state index >= 15 is 0 Å². The van der Waals surface area contributed by atoms with Crippen molar-refractivity contribution in [3.05, 3.63) is 89.2 Å². The van der Waals surface area contributed by atoms with Crippen molar-refractivity contribution in [3.8, 4) is 11.3 Å². The molecule has 1 N–H and O–H groups in total. The molecule has 154 valence electrons. The Kier molecular flexibility index (Phi) is 4.97. The Morgan fingerprint density at radius 2 is 1.84 bits per heavy atom. The van der Waals surface area contributed by atoms with Gasteiger partial charge in [0.25, 0.3) is 11.5 Å². The zero-order chi connectivity index (χ0) is 21.2. The highest BCUT2D eigenvalue weighted by Crippen LogP contribution is 2.21. The fourth-order valence-corrected chi connectivity index (χ4v) is 3.80. The van der Waals surface area contributed by atoms with Crippen molar-refractivity contribution in [2.45, 2.75) is 12.1 Å². The Hall–Kier alpha value is -3.91. The SMILES string of the molecule is O=C(NC1COCC1n1nc(-c2ccncc2)ccc1=O)c1nccc2ccccc12. The summed E-state index contributed by atoms with van der Waals surface area (Å²) in [5.74, 6) is -0.310. The Balaban J connectivity index is 1.44. The molecule has 4 heterocycles. The average Bonchev–Trinajstić information content (AvgIpc) is 3.27. The van der Waals surface area contributed by atoms with E-state index in [9.17, 15) is 9.59 Å². The standard InChI is InChI=1S/C23H19N5O3/c29-21-6-5-18(16-7-10-24-11-8-16)27-28(21)20-14-31-13-19(20)26-23(30)22-17-4-2-1-3-15(17)9-12-25-22/h1-12,19-20H,13-14H2,(H,26,30). The summed E-state index contributed by atoms with van der Waals surface area (Å²) in [6, 6.07) is 15.4. The molecule has 2 atom stereocenters. The number of ether oxygens (including phenoxy) is 1. The summed E-state index contributed by atoms with van der Waals surface area (Å²) >= 11 is 0. The van der Waals surface area contributed by atoms with E-state index < -0.39 is 12.1 Å². The summed E-state index contributed by atoms with van der Waals surface area (Å²) in [7, 11) is 0. The number of hydrogen-bond acceptors (Lipinski definition) is 6. The van der Waals surface area contributed by atoms with Crippen LogP contribution < -0.4 is 10.9 Å². The van der Waals surface area contributed by atoms with Crippen molar-refractivity contribution in [3.63, 3.8) is 0 Å². The van der Waals surface area contributed by atoms with E-state index in [1.54, 1.807) is 24.7 Å². The molecule has 0 saturated carbocycles. The van der Waals surface area contributed by atoms with Gasteiger partial charge in [0.15, 0.2) is 0 Å². The predicted octanol–water partition coefficient (Wildman–Crippen LogP) is 2.22. The van der Waals surface area contributed by atoms with Crippen molar-refractivity contribution in [2.24, 2.45) is 0 Å². The third-order valence-electron chi connectivity index (χ3n) is 5.37. The highest BCUT2D eigenvalue weighted by Gasteiger charge is 2.33. The van der Waals surface area contributed by atoms with E-state index in [4.69, 9.17) is 4.74 Å². The molecule has 1 saturated heterocycles. The monoisotopic (exact) mass is 413 g/mol. The summed E-state index contributed by atoms with van der Waals surface area (Å²) < 4.78 is 7.00. The maximum Gasteiger partial charge on any atom is 0.270 e. The lowest BCUT2D eigenvalue weighted by Crippen LogP contribution is -2.44. The maximum atomic E-state index is 13.0. The van der Waals surface area contributed by atoms with Crippen molar-refractivity contribution < 1.29 is 9.53 Å². The maximum absolute atomic E-state index is 13.0. The zero-order valence-corrected chi connectivity index (χ0v) is 16.5. The first kappa shape index (κ1) is 19.1. The topological polar surface area (TPSA) is 99.0 Å². The van der Waals surface area contributed by atoms with Crippen molar-refractivity contribution in [2.75, 3.05) is 13.2 Å². The Morgan fingerprint density at radius 3 is 2.71 bits per heavy atom. The molecular weight excluding hydrogens is 394 g/mol. The van der Waals surface area contributed by atoms with Gasteiger partial charge in [-0.1, -0.05) is 24.3 Å². The molecule has 0 radical (unpaired) electrons. The molecule has 1 aliphatic heterocycles. The summed E-state index contributed by atoms with van der Waals surface area (Å²) in [4.78, 5) is 33.9. The number of fused-ring (bicyclic) bond motifs is 1. The van der Waals surface area contributed by atoms with Gasteiger partial charge < -0.3 is 10.1 Å². The van der Waals surface area contributed by atoms with Gasteiger partial charge in [-0.05, 0) is 29.7 Å². The number of nitrogens with zero attached hydrogens (tertiary/aromatic N) is 4. The van der Waals surface area contributed by atoms with Gasteiger partial charge in [0.1, 0.15) is 11.7 Å². The number of benzene rings is 1.